The van der Waals surface area contributed by atoms with Gasteiger partial charge >= 0.3 is 7.12 Å². The third kappa shape index (κ3) is 3.00. The van der Waals surface area contributed by atoms with Crippen molar-refractivity contribution in [3.8, 4) is 0 Å². The summed E-state index contributed by atoms with van der Waals surface area (Å²) in [7, 11) is -0.414. The zero-order valence-electron chi connectivity index (χ0n) is 15.3. The fourth-order valence-electron chi connectivity index (χ4n) is 3.45. The highest BCUT2D eigenvalue weighted by molar-refractivity contribution is 6.65. The van der Waals surface area contributed by atoms with Crippen LogP contribution in [0.25, 0.3) is 32.7 Å². The van der Waals surface area contributed by atoms with Crippen LogP contribution in [0.1, 0.15) is 26.7 Å². The van der Waals surface area contributed by atoms with E-state index in [1.54, 1.807) is 0 Å². The van der Waals surface area contributed by atoms with Crippen LogP contribution in [-0.2, 0) is 9.31 Å². The Morgan fingerprint density at radius 1 is 0.846 bits per heavy atom. The number of furan rings is 1. The smallest absolute Gasteiger partial charge is 0.456 e. The molecule has 0 atom stereocenters. The van der Waals surface area contributed by atoms with Crippen molar-refractivity contribution >= 4 is 45.3 Å². The molecule has 0 bridgehead atoms. The van der Waals surface area contributed by atoms with E-state index in [1.807, 2.05) is 12.1 Å². The van der Waals surface area contributed by atoms with Gasteiger partial charge in [-0.15, -0.1) is 0 Å². The van der Waals surface area contributed by atoms with Crippen molar-refractivity contribution < 1.29 is 13.7 Å². The summed E-state index contributed by atoms with van der Waals surface area (Å²) in [6.07, 6.45) is 1.89. The van der Waals surface area contributed by atoms with Gasteiger partial charge in [0, 0.05) is 29.4 Å². The number of hydrogen-bond donors (Lipinski definition) is 0. The van der Waals surface area contributed by atoms with Crippen LogP contribution in [0.3, 0.4) is 0 Å². The van der Waals surface area contributed by atoms with E-state index in [1.165, 1.54) is 10.8 Å². The normalized spacial score (nSPS) is 11.6. The Balaban J connectivity index is 2.00. The first-order chi connectivity index (χ1) is 12.8. The predicted molar refractivity (Wildman–Crippen MR) is 109 cm³/mol. The Morgan fingerprint density at radius 2 is 1.50 bits per heavy atom. The number of para-hydroxylation sites is 1. The van der Waals surface area contributed by atoms with Crippen molar-refractivity contribution in [2.75, 3.05) is 13.2 Å². The Hall–Kier alpha value is -2.30. The summed E-state index contributed by atoms with van der Waals surface area (Å²) in [6.45, 7) is 5.52. The molecule has 4 aromatic rings. The highest BCUT2D eigenvalue weighted by Crippen LogP contribution is 2.33. The summed E-state index contributed by atoms with van der Waals surface area (Å²) < 4.78 is 18.4. The molecule has 0 saturated carbocycles. The van der Waals surface area contributed by atoms with Crippen LogP contribution in [0.15, 0.2) is 59.0 Å². The second kappa shape index (κ2) is 7.52. The highest BCUT2D eigenvalue weighted by atomic mass is 16.6. The molecule has 0 spiro atoms. The van der Waals surface area contributed by atoms with E-state index in [2.05, 4.69) is 56.3 Å². The van der Waals surface area contributed by atoms with E-state index < -0.39 is 7.12 Å². The van der Waals surface area contributed by atoms with E-state index in [-0.39, 0.29) is 0 Å². The van der Waals surface area contributed by atoms with Crippen LogP contribution in [0, 0.1) is 0 Å². The molecular weight excluding hydrogens is 323 g/mol. The largest absolute Gasteiger partial charge is 0.497 e. The standard InChI is InChI=1S/C22H23BO3/c1-3-13-24-23(25-14-4-2)19-15-16-9-5-6-10-17(16)21-18-11-7-8-12-20(18)26-22(19)21/h5-12,15H,3-4,13-14H2,1-2H3. The summed E-state index contributed by atoms with van der Waals surface area (Å²) in [5, 5.41) is 4.64. The molecular formula is C22H23BO3. The lowest BCUT2D eigenvalue weighted by atomic mass is 9.76. The fourth-order valence-corrected chi connectivity index (χ4v) is 3.45. The molecule has 4 heteroatoms. The Labute approximate surface area is 154 Å². The summed E-state index contributed by atoms with van der Waals surface area (Å²) >= 11 is 0. The molecule has 4 rings (SSSR count). The molecule has 3 aromatic carbocycles. The fraction of sp³-hybridized carbons (Fsp3) is 0.273. The summed E-state index contributed by atoms with van der Waals surface area (Å²) in [5.74, 6) is 0. The monoisotopic (exact) mass is 346 g/mol. The average Bonchev–Trinajstić information content (AvgIpc) is 3.07. The molecule has 0 aliphatic rings. The first kappa shape index (κ1) is 17.1. The number of benzene rings is 3. The van der Waals surface area contributed by atoms with E-state index in [9.17, 15) is 0 Å². The highest BCUT2D eigenvalue weighted by Gasteiger charge is 2.27. The van der Waals surface area contributed by atoms with Crippen molar-refractivity contribution in [3.63, 3.8) is 0 Å². The first-order valence-corrected chi connectivity index (χ1v) is 9.39. The molecule has 1 aromatic heterocycles. The third-order valence-corrected chi connectivity index (χ3v) is 4.60. The van der Waals surface area contributed by atoms with Gasteiger partial charge in [-0.25, -0.2) is 0 Å². The minimum Gasteiger partial charge on any atom is -0.456 e. The zero-order valence-corrected chi connectivity index (χ0v) is 15.3. The Bertz CT molecular complexity index is 1030. The van der Waals surface area contributed by atoms with Gasteiger partial charge in [0.05, 0.1) is 0 Å². The average molecular weight is 346 g/mol. The van der Waals surface area contributed by atoms with Gasteiger partial charge in [0.25, 0.3) is 0 Å². The van der Waals surface area contributed by atoms with Crippen molar-refractivity contribution in [2.45, 2.75) is 26.7 Å². The van der Waals surface area contributed by atoms with Gasteiger partial charge in [0.2, 0.25) is 0 Å². The van der Waals surface area contributed by atoms with Crippen molar-refractivity contribution in [1.29, 1.82) is 0 Å². The molecule has 0 saturated heterocycles. The molecule has 0 amide bonds. The van der Waals surface area contributed by atoms with Crippen LogP contribution in [0.4, 0.5) is 0 Å². The lowest BCUT2D eigenvalue weighted by Gasteiger charge is -2.15. The minimum absolute atomic E-state index is 0.414. The van der Waals surface area contributed by atoms with Crippen LogP contribution in [0.5, 0.6) is 0 Å². The van der Waals surface area contributed by atoms with E-state index in [0.29, 0.717) is 13.2 Å². The maximum atomic E-state index is 6.27. The Morgan fingerprint density at radius 3 is 2.23 bits per heavy atom. The maximum absolute atomic E-state index is 6.27. The molecule has 0 radical (unpaired) electrons. The van der Waals surface area contributed by atoms with Gasteiger partial charge in [0.15, 0.2) is 0 Å². The molecule has 3 nitrogen and oxygen atoms in total. The van der Waals surface area contributed by atoms with Gasteiger partial charge in [-0.1, -0.05) is 62.4 Å². The molecule has 0 N–H and O–H groups in total. The summed E-state index contributed by atoms with van der Waals surface area (Å²) in [4.78, 5) is 0. The second-order valence-corrected chi connectivity index (χ2v) is 6.56. The molecule has 0 aliphatic carbocycles. The van der Waals surface area contributed by atoms with Gasteiger partial charge in [0.1, 0.15) is 11.2 Å². The predicted octanol–water partition coefficient (Wildman–Crippen LogP) is 5.29. The van der Waals surface area contributed by atoms with E-state index in [4.69, 9.17) is 13.7 Å². The molecule has 0 unspecified atom stereocenters. The molecule has 0 aliphatic heterocycles. The topological polar surface area (TPSA) is 31.6 Å². The van der Waals surface area contributed by atoms with Gasteiger partial charge in [-0.2, -0.15) is 0 Å². The summed E-state index contributed by atoms with van der Waals surface area (Å²) in [6, 6.07) is 18.8. The summed E-state index contributed by atoms with van der Waals surface area (Å²) in [5.41, 5.74) is 2.73. The van der Waals surface area contributed by atoms with Crippen molar-refractivity contribution in [1.82, 2.24) is 0 Å². The van der Waals surface area contributed by atoms with Gasteiger partial charge in [-0.3, -0.25) is 0 Å². The second-order valence-electron chi connectivity index (χ2n) is 6.56. The van der Waals surface area contributed by atoms with E-state index in [0.717, 1.165) is 40.2 Å². The third-order valence-electron chi connectivity index (χ3n) is 4.60. The van der Waals surface area contributed by atoms with Crippen molar-refractivity contribution in [3.05, 3.63) is 54.6 Å². The molecule has 0 fully saturated rings. The van der Waals surface area contributed by atoms with Crippen LogP contribution in [0.2, 0.25) is 0 Å². The zero-order chi connectivity index (χ0) is 17.9. The quantitative estimate of drug-likeness (QED) is 0.426. The molecule has 1 heterocycles. The maximum Gasteiger partial charge on any atom is 0.497 e. The van der Waals surface area contributed by atoms with Crippen molar-refractivity contribution in [2.24, 2.45) is 0 Å². The lowest BCUT2D eigenvalue weighted by Crippen LogP contribution is -2.38. The number of hydrogen-bond acceptors (Lipinski definition) is 3. The SMILES string of the molecule is CCCOB(OCCC)c1cc2ccccc2c2c1oc1ccccc12. The number of fused-ring (bicyclic) bond motifs is 5. The lowest BCUT2D eigenvalue weighted by molar-refractivity contribution is 0.207. The van der Waals surface area contributed by atoms with Crippen LogP contribution in [-0.4, -0.2) is 20.3 Å². The van der Waals surface area contributed by atoms with Gasteiger partial charge in [-0.05, 0) is 29.7 Å². The van der Waals surface area contributed by atoms with Crippen LogP contribution >= 0.6 is 0 Å². The van der Waals surface area contributed by atoms with E-state index >= 15 is 0 Å². The number of rotatable bonds is 7. The minimum atomic E-state index is -0.414. The first-order valence-electron chi connectivity index (χ1n) is 9.39. The molecule has 132 valence electrons. The molecule has 26 heavy (non-hydrogen) atoms. The van der Waals surface area contributed by atoms with Gasteiger partial charge < -0.3 is 13.7 Å². The van der Waals surface area contributed by atoms with Crippen LogP contribution < -0.4 is 5.46 Å². The Kier molecular flexibility index (Phi) is 4.96.